The Labute approximate surface area is 87.7 Å². The summed E-state index contributed by atoms with van der Waals surface area (Å²) in [4.78, 5) is 0. The summed E-state index contributed by atoms with van der Waals surface area (Å²) in [5.41, 5.74) is 2.95. The molecule has 0 spiro atoms. The van der Waals surface area contributed by atoms with Gasteiger partial charge in [0.15, 0.2) is 0 Å². The Hall–Kier alpha value is -1.04. The Kier molecular flexibility index (Phi) is 5.06. The smallest absolute Gasteiger partial charge is 0.00947 e. The van der Waals surface area contributed by atoms with E-state index in [4.69, 9.17) is 0 Å². The monoisotopic (exact) mass is 188 g/mol. The van der Waals surface area contributed by atoms with E-state index in [2.05, 4.69) is 50.3 Å². The molecule has 76 valence electrons. The maximum Gasteiger partial charge on any atom is -0.00947 e. The SMILES string of the molecule is CCC/C=C/Cc1ccccc1CC. The molecule has 0 aliphatic carbocycles. The van der Waals surface area contributed by atoms with Crippen LogP contribution in [0.15, 0.2) is 36.4 Å². The average Bonchev–Trinajstić information content (AvgIpc) is 2.25. The summed E-state index contributed by atoms with van der Waals surface area (Å²) in [5, 5.41) is 0. The maximum atomic E-state index is 2.29. The van der Waals surface area contributed by atoms with E-state index in [1.165, 1.54) is 24.0 Å². The van der Waals surface area contributed by atoms with Crippen LogP contribution in [-0.2, 0) is 12.8 Å². The molecule has 1 rings (SSSR count). The lowest BCUT2D eigenvalue weighted by Gasteiger charge is -2.03. The van der Waals surface area contributed by atoms with E-state index in [-0.39, 0.29) is 0 Å². The van der Waals surface area contributed by atoms with Gasteiger partial charge in [0.25, 0.3) is 0 Å². The van der Waals surface area contributed by atoms with E-state index in [9.17, 15) is 0 Å². The van der Waals surface area contributed by atoms with E-state index >= 15 is 0 Å². The Morgan fingerprint density at radius 2 is 1.71 bits per heavy atom. The topological polar surface area (TPSA) is 0 Å². The summed E-state index contributed by atoms with van der Waals surface area (Å²) >= 11 is 0. The molecule has 0 bridgehead atoms. The van der Waals surface area contributed by atoms with Crippen LogP contribution in [0.5, 0.6) is 0 Å². The molecular weight excluding hydrogens is 168 g/mol. The van der Waals surface area contributed by atoms with E-state index in [0.29, 0.717) is 0 Å². The first kappa shape index (κ1) is 11.0. The number of hydrogen-bond donors (Lipinski definition) is 0. The zero-order valence-electron chi connectivity index (χ0n) is 9.29. The van der Waals surface area contributed by atoms with Gasteiger partial charge in [0.1, 0.15) is 0 Å². The van der Waals surface area contributed by atoms with Gasteiger partial charge >= 0.3 is 0 Å². The first-order valence-corrected chi connectivity index (χ1v) is 5.60. The second kappa shape index (κ2) is 6.42. The van der Waals surface area contributed by atoms with Crippen molar-refractivity contribution >= 4 is 0 Å². The Morgan fingerprint density at radius 1 is 1.00 bits per heavy atom. The van der Waals surface area contributed by atoms with Crippen molar-refractivity contribution in [3.8, 4) is 0 Å². The van der Waals surface area contributed by atoms with Gasteiger partial charge < -0.3 is 0 Å². The van der Waals surface area contributed by atoms with Crippen molar-refractivity contribution in [1.82, 2.24) is 0 Å². The molecule has 0 saturated heterocycles. The minimum Gasteiger partial charge on any atom is -0.0882 e. The molecule has 1 aromatic rings. The van der Waals surface area contributed by atoms with Gasteiger partial charge in [-0.15, -0.1) is 0 Å². The molecule has 0 atom stereocenters. The van der Waals surface area contributed by atoms with Gasteiger partial charge in [-0.1, -0.05) is 56.7 Å². The number of hydrogen-bond acceptors (Lipinski definition) is 0. The maximum absolute atomic E-state index is 2.29. The average molecular weight is 188 g/mol. The molecule has 0 aliphatic rings. The predicted octanol–water partition coefficient (Wildman–Crippen LogP) is 4.15. The molecular formula is C14H20. The van der Waals surface area contributed by atoms with E-state index < -0.39 is 0 Å². The minimum absolute atomic E-state index is 1.09. The summed E-state index contributed by atoms with van der Waals surface area (Å²) in [5.74, 6) is 0. The van der Waals surface area contributed by atoms with E-state index in [1.54, 1.807) is 0 Å². The summed E-state index contributed by atoms with van der Waals surface area (Å²) in [6.45, 7) is 4.43. The van der Waals surface area contributed by atoms with Crippen molar-refractivity contribution in [3.05, 3.63) is 47.5 Å². The highest BCUT2D eigenvalue weighted by Gasteiger charge is 1.95. The third-order valence-corrected chi connectivity index (χ3v) is 2.46. The Morgan fingerprint density at radius 3 is 2.36 bits per heavy atom. The van der Waals surface area contributed by atoms with Gasteiger partial charge in [-0.3, -0.25) is 0 Å². The van der Waals surface area contributed by atoms with Gasteiger partial charge in [0.2, 0.25) is 0 Å². The van der Waals surface area contributed by atoms with Crippen LogP contribution in [0.3, 0.4) is 0 Å². The largest absolute Gasteiger partial charge is 0.0882 e. The van der Waals surface area contributed by atoms with Crippen LogP contribution in [0.2, 0.25) is 0 Å². The molecule has 0 saturated carbocycles. The van der Waals surface area contributed by atoms with Crippen LogP contribution >= 0.6 is 0 Å². The second-order valence-corrected chi connectivity index (χ2v) is 3.59. The first-order chi connectivity index (χ1) is 6.88. The third kappa shape index (κ3) is 3.37. The molecule has 0 amide bonds. The fourth-order valence-corrected chi connectivity index (χ4v) is 1.60. The molecule has 0 N–H and O–H groups in total. The first-order valence-electron chi connectivity index (χ1n) is 5.60. The molecule has 0 fully saturated rings. The molecule has 0 heteroatoms. The van der Waals surface area contributed by atoms with Gasteiger partial charge in [-0.2, -0.15) is 0 Å². The summed E-state index contributed by atoms with van der Waals surface area (Å²) in [7, 11) is 0. The standard InChI is InChI=1S/C14H20/c1-3-5-6-7-11-14-12-9-8-10-13(14)4-2/h6-10,12H,3-5,11H2,1-2H3/b7-6+. The van der Waals surface area contributed by atoms with Crippen LogP contribution < -0.4 is 0 Å². The molecule has 14 heavy (non-hydrogen) atoms. The van der Waals surface area contributed by atoms with Crippen LogP contribution in [0.4, 0.5) is 0 Å². The molecule has 0 radical (unpaired) electrons. The van der Waals surface area contributed by atoms with Gasteiger partial charge in [0.05, 0.1) is 0 Å². The number of rotatable bonds is 5. The Balaban J connectivity index is 2.57. The van der Waals surface area contributed by atoms with Crippen molar-refractivity contribution in [2.45, 2.75) is 39.5 Å². The van der Waals surface area contributed by atoms with Crippen LogP contribution in [0.25, 0.3) is 0 Å². The zero-order valence-corrected chi connectivity index (χ0v) is 9.29. The fraction of sp³-hybridized carbons (Fsp3) is 0.429. The van der Waals surface area contributed by atoms with Crippen LogP contribution in [0, 0.1) is 0 Å². The lowest BCUT2D eigenvalue weighted by atomic mass is 10.0. The molecule has 0 aliphatic heterocycles. The van der Waals surface area contributed by atoms with Crippen molar-refractivity contribution in [2.24, 2.45) is 0 Å². The van der Waals surface area contributed by atoms with Gasteiger partial charge in [0, 0.05) is 0 Å². The van der Waals surface area contributed by atoms with Crippen molar-refractivity contribution in [2.75, 3.05) is 0 Å². The van der Waals surface area contributed by atoms with Crippen molar-refractivity contribution < 1.29 is 0 Å². The lowest BCUT2D eigenvalue weighted by Crippen LogP contribution is -1.89. The molecule has 0 aromatic heterocycles. The van der Waals surface area contributed by atoms with Crippen LogP contribution in [0.1, 0.15) is 37.8 Å². The number of aryl methyl sites for hydroxylation is 1. The molecule has 0 nitrogen and oxygen atoms in total. The van der Waals surface area contributed by atoms with Crippen LogP contribution in [-0.4, -0.2) is 0 Å². The highest BCUT2D eigenvalue weighted by atomic mass is 14.0. The number of unbranched alkanes of at least 4 members (excludes halogenated alkanes) is 1. The predicted molar refractivity (Wildman–Crippen MR) is 63.6 cm³/mol. The van der Waals surface area contributed by atoms with Gasteiger partial charge in [-0.05, 0) is 30.4 Å². The van der Waals surface area contributed by atoms with E-state index in [0.717, 1.165) is 12.8 Å². The quantitative estimate of drug-likeness (QED) is 0.609. The summed E-state index contributed by atoms with van der Waals surface area (Å²) in [6, 6.07) is 8.71. The minimum atomic E-state index is 1.09. The molecule has 0 unspecified atom stereocenters. The molecule has 0 heterocycles. The summed E-state index contributed by atoms with van der Waals surface area (Å²) in [6.07, 6.45) is 9.24. The Bertz CT molecular complexity index is 284. The third-order valence-electron chi connectivity index (χ3n) is 2.46. The fourth-order valence-electron chi connectivity index (χ4n) is 1.60. The normalized spacial score (nSPS) is 11.0. The van der Waals surface area contributed by atoms with Crippen molar-refractivity contribution in [1.29, 1.82) is 0 Å². The molecule has 1 aromatic carbocycles. The number of allylic oxidation sites excluding steroid dienone is 2. The number of benzene rings is 1. The zero-order chi connectivity index (χ0) is 10.2. The summed E-state index contributed by atoms with van der Waals surface area (Å²) < 4.78 is 0. The van der Waals surface area contributed by atoms with E-state index in [1.807, 2.05) is 0 Å². The second-order valence-electron chi connectivity index (χ2n) is 3.59. The highest BCUT2D eigenvalue weighted by molar-refractivity contribution is 5.28. The highest BCUT2D eigenvalue weighted by Crippen LogP contribution is 2.10. The van der Waals surface area contributed by atoms with Gasteiger partial charge in [-0.25, -0.2) is 0 Å². The lowest BCUT2D eigenvalue weighted by molar-refractivity contribution is 0.952. The van der Waals surface area contributed by atoms with Crippen molar-refractivity contribution in [3.63, 3.8) is 0 Å².